The number of hydrogen-bond acceptors (Lipinski definition) is 3. The summed E-state index contributed by atoms with van der Waals surface area (Å²) in [5, 5.41) is 2.96. The van der Waals surface area contributed by atoms with Gasteiger partial charge in [0.2, 0.25) is 5.91 Å². The van der Waals surface area contributed by atoms with Crippen molar-refractivity contribution < 1.29 is 9.59 Å². The number of likely N-dealkylation sites (tertiary alicyclic amines) is 1. The maximum atomic E-state index is 13.1. The molecule has 2 fully saturated rings. The van der Waals surface area contributed by atoms with Crippen LogP contribution in [0.2, 0.25) is 0 Å². The Bertz CT molecular complexity index is 632. The lowest BCUT2D eigenvalue weighted by atomic mass is 10.1. The van der Waals surface area contributed by atoms with Gasteiger partial charge in [0.25, 0.3) is 5.91 Å². The summed E-state index contributed by atoms with van der Waals surface area (Å²) >= 11 is 0. The Kier molecular flexibility index (Phi) is 6.53. The van der Waals surface area contributed by atoms with E-state index in [0.717, 1.165) is 68.8 Å². The van der Waals surface area contributed by atoms with Gasteiger partial charge in [-0.1, -0.05) is 13.3 Å². The summed E-state index contributed by atoms with van der Waals surface area (Å²) in [7, 11) is 0. The third kappa shape index (κ3) is 4.57. The van der Waals surface area contributed by atoms with Gasteiger partial charge in [0.15, 0.2) is 0 Å². The largest absolute Gasteiger partial charge is 0.371 e. The molecule has 0 spiro atoms. The van der Waals surface area contributed by atoms with E-state index in [1.165, 1.54) is 19.3 Å². The Balaban J connectivity index is 1.83. The van der Waals surface area contributed by atoms with Crippen molar-refractivity contribution in [3.8, 4) is 0 Å². The van der Waals surface area contributed by atoms with Gasteiger partial charge in [0.05, 0.1) is 5.56 Å². The van der Waals surface area contributed by atoms with Gasteiger partial charge < -0.3 is 15.1 Å². The highest BCUT2D eigenvalue weighted by molar-refractivity contribution is 6.02. The van der Waals surface area contributed by atoms with Crippen LogP contribution < -0.4 is 10.2 Å². The summed E-state index contributed by atoms with van der Waals surface area (Å²) in [6.07, 6.45) is 8.19. The molecule has 0 aromatic heterocycles. The highest BCUT2D eigenvalue weighted by atomic mass is 16.2. The minimum Gasteiger partial charge on any atom is -0.371 e. The number of hydrogen-bond donors (Lipinski definition) is 1. The first-order valence-electron chi connectivity index (χ1n) is 10.2. The molecule has 0 atom stereocenters. The van der Waals surface area contributed by atoms with E-state index in [2.05, 4.69) is 17.1 Å². The number of benzene rings is 1. The summed E-state index contributed by atoms with van der Waals surface area (Å²) in [5.74, 6) is 0.130. The van der Waals surface area contributed by atoms with Crippen LogP contribution in [0, 0.1) is 0 Å². The zero-order chi connectivity index (χ0) is 18.4. The molecule has 26 heavy (non-hydrogen) atoms. The number of rotatable bonds is 6. The van der Waals surface area contributed by atoms with Crippen molar-refractivity contribution in [2.24, 2.45) is 0 Å². The van der Waals surface area contributed by atoms with Crippen molar-refractivity contribution in [2.45, 2.75) is 58.3 Å². The minimum absolute atomic E-state index is 0.0251. The second-order valence-corrected chi connectivity index (χ2v) is 7.43. The first-order valence-corrected chi connectivity index (χ1v) is 10.2. The standard InChI is InChI=1S/C21H31N3O2/c1-2-3-9-20(25)22-17-10-11-19(23-12-5-4-6-13-23)18(16-17)21(26)24-14-7-8-15-24/h10-11,16H,2-9,12-15H2,1H3,(H,22,25). The molecule has 2 saturated heterocycles. The van der Waals surface area contributed by atoms with Crippen molar-refractivity contribution in [1.82, 2.24) is 4.90 Å². The molecule has 0 saturated carbocycles. The normalized spacial score (nSPS) is 17.4. The molecule has 2 heterocycles. The van der Waals surface area contributed by atoms with Crippen LogP contribution >= 0.6 is 0 Å². The molecule has 5 heteroatoms. The molecule has 3 rings (SSSR count). The van der Waals surface area contributed by atoms with Gasteiger partial charge in [0.1, 0.15) is 0 Å². The lowest BCUT2D eigenvalue weighted by Gasteiger charge is -2.31. The van der Waals surface area contributed by atoms with Crippen LogP contribution in [0.3, 0.4) is 0 Å². The molecular formula is C21H31N3O2. The second kappa shape index (κ2) is 9.06. The summed E-state index contributed by atoms with van der Waals surface area (Å²) in [6, 6.07) is 5.84. The predicted octanol–water partition coefficient (Wildman–Crippen LogP) is 4.04. The third-order valence-corrected chi connectivity index (χ3v) is 5.36. The number of anilines is 2. The Morgan fingerprint density at radius 2 is 1.69 bits per heavy atom. The van der Waals surface area contributed by atoms with E-state index in [1.807, 2.05) is 23.1 Å². The van der Waals surface area contributed by atoms with E-state index >= 15 is 0 Å². The van der Waals surface area contributed by atoms with Crippen molar-refractivity contribution in [3.63, 3.8) is 0 Å². The van der Waals surface area contributed by atoms with Crippen LogP contribution in [0.1, 0.15) is 68.6 Å². The lowest BCUT2D eigenvalue weighted by Crippen LogP contribution is -2.34. The number of piperidine rings is 1. The summed E-state index contributed by atoms with van der Waals surface area (Å²) in [6.45, 7) is 5.76. The summed E-state index contributed by atoms with van der Waals surface area (Å²) in [4.78, 5) is 29.5. The quantitative estimate of drug-likeness (QED) is 0.836. The van der Waals surface area contributed by atoms with E-state index < -0.39 is 0 Å². The Hall–Kier alpha value is -2.04. The minimum atomic E-state index is 0.0251. The van der Waals surface area contributed by atoms with Gasteiger partial charge in [-0.05, 0) is 56.7 Å². The van der Waals surface area contributed by atoms with Gasteiger partial charge in [0, 0.05) is 44.0 Å². The number of nitrogens with zero attached hydrogens (tertiary/aromatic N) is 2. The fraction of sp³-hybridized carbons (Fsp3) is 0.619. The number of unbranched alkanes of at least 4 members (excludes halogenated alkanes) is 1. The van der Waals surface area contributed by atoms with Gasteiger partial charge >= 0.3 is 0 Å². The molecular weight excluding hydrogens is 326 g/mol. The second-order valence-electron chi connectivity index (χ2n) is 7.43. The zero-order valence-electron chi connectivity index (χ0n) is 15.9. The lowest BCUT2D eigenvalue weighted by molar-refractivity contribution is -0.116. The Morgan fingerprint density at radius 1 is 1.00 bits per heavy atom. The van der Waals surface area contributed by atoms with E-state index in [9.17, 15) is 9.59 Å². The number of amides is 2. The molecule has 2 aliphatic heterocycles. The van der Waals surface area contributed by atoms with Crippen LogP contribution in [0.25, 0.3) is 0 Å². The fourth-order valence-electron chi connectivity index (χ4n) is 3.85. The van der Waals surface area contributed by atoms with Crippen molar-refractivity contribution >= 4 is 23.2 Å². The molecule has 0 bridgehead atoms. The summed E-state index contributed by atoms with van der Waals surface area (Å²) < 4.78 is 0. The van der Waals surface area contributed by atoms with Gasteiger partial charge in [-0.15, -0.1) is 0 Å². The van der Waals surface area contributed by atoms with Crippen molar-refractivity contribution in [3.05, 3.63) is 23.8 Å². The molecule has 0 radical (unpaired) electrons. The Morgan fingerprint density at radius 3 is 2.38 bits per heavy atom. The molecule has 0 aliphatic carbocycles. The topological polar surface area (TPSA) is 52.7 Å². The Labute approximate surface area is 156 Å². The molecule has 2 aliphatic rings. The average molecular weight is 357 g/mol. The van der Waals surface area contributed by atoms with Gasteiger partial charge in [-0.2, -0.15) is 0 Å². The van der Waals surface area contributed by atoms with Crippen LogP contribution in [-0.2, 0) is 4.79 Å². The summed E-state index contributed by atoms with van der Waals surface area (Å²) in [5.41, 5.74) is 2.49. The zero-order valence-corrected chi connectivity index (χ0v) is 15.9. The maximum absolute atomic E-state index is 13.1. The van der Waals surface area contributed by atoms with E-state index in [4.69, 9.17) is 0 Å². The van der Waals surface area contributed by atoms with Crippen molar-refractivity contribution in [1.29, 1.82) is 0 Å². The van der Waals surface area contributed by atoms with E-state index in [-0.39, 0.29) is 11.8 Å². The first-order chi connectivity index (χ1) is 12.7. The fourth-order valence-corrected chi connectivity index (χ4v) is 3.85. The number of carbonyl (C=O) groups is 2. The highest BCUT2D eigenvalue weighted by Crippen LogP contribution is 2.29. The van der Waals surface area contributed by atoms with Crippen LogP contribution in [-0.4, -0.2) is 42.9 Å². The van der Waals surface area contributed by atoms with Crippen molar-refractivity contribution in [2.75, 3.05) is 36.4 Å². The predicted molar refractivity (Wildman–Crippen MR) is 106 cm³/mol. The maximum Gasteiger partial charge on any atom is 0.256 e. The number of nitrogens with one attached hydrogen (secondary N) is 1. The van der Waals surface area contributed by atoms with Crippen LogP contribution in [0.15, 0.2) is 18.2 Å². The molecule has 2 amide bonds. The monoisotopic (exact) mass is 357 g/mol. The first kappa shape index (κ1) is 18.7. The highest BCUT2D eigenvalue weighted by Gasteiger charge is 2.25. The molecule has 1 aromatic rings. The van der Waals surface area contributed by atoms with E-state index in [1.54, 1.807) is 0 Å². The number of carbonyl (C=O) groups excluding carboxylic acids is 2. The van der Waals surface area contributed by atoms with Gasteiger partial charge in [-0.25, -0.2) is 0 Å². The molecule has 5 nitrogen and oxygen atoms in total. The smallest absolute Gasteiger partial charge is 0.256 e. The van der Waals surface area contributed by atoms with E-state index in [0.29, 0.717) is 6.42 Å². The molecule has 0 unspecified atom stereocenters. The SMILES string of the molecule is CCCCC(=O)Nc1ccc(N2CCCCC2)c(C(=O)N2CCCC2)c1. The average Bonchev–Trinajstić information content (AvgIpc) is 3.21. The molecule has 142 valence electrons. The third-order valence-electron chi connectivity index (χ3n) is 5.36. The van der Waals surface area contributed by atoms with Gasteiger partial charge in [-0.3, -0.25) is 9.59 Å². The molecule has 1 aromatic carbocycles. The van der Waals surface area contributed by atoms with Crippen LogP contribution in [0.4, 0.5) is 11.4 Å². The van der Waals surface area contributed by atoms with Crippen LogP contribution in [0.5, 0.6) is 0 Å². The molecule has 1 N–H and O–H groups in total.